The van der Waals surface area contributed by atoms with Crippen LogP contribution in [0.3, 0.4) is 0 Å². The van der Waals surface area contributed by atoms with Crippen molar-refractivity contribution in [3.05, 3.63) is 72.1 Å². The van der Waals surface area contributed by atoms with Crippen molar-refractivity contribution in [2.24, 2.45) is 0 Å². The Morgan fingerprint density at radius 1 is 0.909 bits per heavy atom. The number of hydrogen-bond donors (Lipinski definition) is 0. The molecule has 2 aromatic carbocycles. The average Bonchev–Trinajstić information content (AvgIpc) is 2.59. The number of ether oxygens (including phenoxy) is 1. The molecule has 22 heavy (non-hydrogen) atoms. The van der Waals surface area contributed by atoms with E-state index in [9.17, 15) is 0 Å². The highest BCUT2D eigenvalue weighted by molar-refractivity contribution is 5.73. The average molecular weight is 295 g/mol. The number of halogens is 1. The third kappa shape index (κ3) is 2.22. The van der Waals surface area contributed by atoms with Crippen molar-refractivity contribution in [1.29, 1.82) is 0 Å². The van der Waals surface area contributed by atoms with Crippen LogP contribution in [0.2, 0.25) is 0 Å². The van der Waals surface area contributed by atoms with E-state index in [4.69, 9.17) is 4.74 Å². The predicted octanol–water partition coefficient (Wildman–Crippen LogP) is 4.04. The van der Waals surface area contributed by atoms with E-state index in [1.807, 2.05) is 60.7 Å². The minimum absolute atomic E-state index is 0.0500. The van der Waals surface area contributed by atoms with Crippen LogP contribution in [0.4, 0.5) is 10.1 Å². The minimum Gasteiger partial charge on any atom is -0.377 e. The highest BCUT2D eigenvalue weighted by Gasteiger charge is 2.40. The van der Waals surface area contributed by atoms with Gasteiger partial charge in [-0.3, -0.25) is 0 Å². The van der Waals surface area contributed by atoms with Crippen LogP contribution in [0.5, 0.6) is 0 Å². The summed E-state index contributed by atoms with van der Waals surface area (Å²) in [4.78, 5) is 2.19. The molecule has 0 saturated carbocycles. The Morgan fingerprint density at radius 2 is 1.59 bits per heavy atom. The smallest absolute Gasteiger partial charge is 0.129 e. The predicted molar refractivity (Wildman–Crippen MR) is 86.4 cm³/mol. The molecule has 0 unspecified atom stereocenters. The lowest BCUT2D eigenvalue weighted by Gasteiger charge is -2.47. The van der Waals surface area contributed by atoms with Gasteiger partial charge in [0.05, 0.1) is 19.3 Å². The van der Waals surface area contributed by atoms with Gasteiger partial charge in [0, 0.05) is 5.69 Å². The summed E-state index contributed by atoms with van der Waals surface area (Å²) in [6.45, 7) is 1.06. The molecule has 1 saturated heterocycles. The lowest BCUT2D eigenvalue weighted by Crippen LogP contribution is -2.55. The molecule has 2 nitrogen and oxygen atoms in total. The second kappa shape index (κ2) is 5.58. The Bertz CT molecular complexity index is 683. The first-order chi connectivity index (χ1) is 10.8. The molecule has 3 heteroatoms. The van der Waals surface area contributed by atoms with Crippen molar-refractivity contribution in [2.75, 3.05) is 18.1 Å². The van der Waals surface area contributed by atoms with E-state index in [0.717, 1.165) is 16.8 Å². The molecule has 0 amide bonds. The largest absolute Gasteiger partial charge is 0.377 e. The molecule has 0 radical (unpaired) electrons. The Hall–Kier alpha value is -2.13. The van der Waals surface area contributed by atoms with Gasteiger partial charge >= 0.3 is 0 Å². The maximum Gasteiger partial charge on any atom is 0.129 e. The van der Waals surface area contributed by atoms with Crippen molar-refractivity contribution in [2.45, 2.75) is 18.5 Å². The van der Waals surface area contributed by atoms with Crippen LogP contribution in [-0.2, 0) is 4.74 Å². The fourth-order valence-corrected chi connectivity index (χ4v) is 3.50. The number of morpholine rings is 1. The second-order valence-electron chi connectivity index (χ2n) is 5.85. The van der Waals surface area contributed by atoms with Crippen molar-refractivity contribution in [3.8, 4) is 0 Å². The molecule has 2 aromatic rings. The first-order valence-corrected chi connectivity index (χ1v) is 7.69. The SMILES string of the molecule is FC1=C(c2ccccc2)C[C@@H]2COC[C@@H]1N2c1ccccc1. The third-order valence-corrected chi connectivity index (χ3v) is 4.51. The van der Waals surface area contributed by atoms with E-state index in [-0.39, 0.29) is 17.9 Å². The van der Waals surface area contributed by atoms with E-state index >= 15 is 4.39 Å². The van der Waals surface area contributed by atoms with Crippen LogP contribution in [0.25, 0.3) is 5.57 Å². The number of nitrogens with zero attached hydrogens (tertiary/aromatic N) is 1. The van der Waals surface area contributed by atoms with Gasteiger partial charge in [0.15, 0.2) is 0 Å². The van der Waals surface area contributed by atoms with Crippen LogP contribution in [-0.4, -0.2) is 25.3 Å². The van der Waals surface area contributed by atoms with Crippen LogP contribution in [0.15, 0.2) is 66.5 Å². The van der Waals surface area contributed by atoms with Gasteiger partial charge in [-0.2, -0.15) is 0 Å². The summed E-state index contributed by atoms with van der Waals surface area (Å²) in [6, 6.07) is 19.8. The maximum absolute atomic E-state index is 15.1. The van der Waals surface area contributed by atoms with Crippen LogP contribution in [0.1, 0.15) is 12.0 Å². The lowest BCUT2D eigenvalue weighted by molar-refractivity contribution is 0.0663. The summed E-state index contributed by atoms with van der Waals surface area (Å²) < 4.78 is 20.7. The Balaban J connectivity index is 1.77. The van der Waals surface area contributed by atoms with Crippen molar-refractivity contribution in [1.82, 2.24) is 0 Å². The summed E-state index contributed by atoms with van der Waals surface area (Å²) in [5.41, 5.74) is 2.90. The monoisotopic (exact) mass is 295 g/mol. The zero-order valence-electron chi connectivity index (χ0n) is 12.3. The van der Waals surface area contributed by atoms with Crippen LogP contribution >= 0.6 is 0 Å². The highest BCUT2D eigenvalue weighted by Crippen LogP contribution is 2.40. The van der Waals surface area contributed by atoms with Gasteiger partial charge in [0.1, 0.15) is 11.9 Å². The van der Waals surface area contributed by atoms with Crippen molar-refractivity contribution in [3.63, 3.8) is 0 Å². The van der Waals surface area contributed by atoms with Gasteiger partial charge < -0.3 is 9.64 Å². The Labute approximate surface area is 129 Å². The number of para-hydroxylation sites is 1. The topological polar surface area (TPSA) is 12.5 Å². The molecular formula is C19H18FNO. The number of fused-ring (bicyclic) bond motifs is 2. The molecule has 2 bridgehead atoms. The molecule has 1 fully saturated rings. The summed E-state index contributed by atoms with van der Waals surface area (Å²) in [6.07, 6.45) is 0.682. The number of rotatable bonds is 2. The molecule has 2 aliphatic heterocycles. The quantitative estimate of drug-likeness (QED) is 0.829. The molecule has 2 atom stereocenters. The molecule has 112 valence electrons. The van der Waals surface area contributed by atoms with E-state index in [0.29, 0.717) is 19.6 Å². The zero-order valence-corrected chi connectivity index (χ0v) is 12.3. The van der Waals surface area contributed by atoms with Crippen LogP contribution in [0, 0.1) is 0 Å². The van der Waals surface area contributed by atoms with E-state index in [1.165, 1.54) is 0 Å². The molecule has 2 aliphatic rings. The van der Waals surface area contributed by atoms with Gasteiger partial charge in [-0.1, -0.05) is 48.5 Å². The van der Waals surface area contributed by atoms with Gasteiger partial charge in [-0.15, -0.1) is 0 Å². The summed E-state index contributed by atoms with van der Waals surface area (Å²) in [5, 5.41) is 0. The Kier molecular flexibility index (Phi) is 3.43. The number of benzene rings is 2. The second-order valence-corrected chi connectivity index (χ2v) is 5.85. The van der Waals surface area contributed by atoms with E-state index in [1.54, 1.807) is 0 Å². The maximum atomic E-state index is 15.1. The highest BCUT2D eigenvalue weighted by atomic mass is 19.1. The van der Waals surface area contributed by atoms with Crippen LogP contribution < -0.4 is 4.90 Å². The van der Waals surface area contributed by atoms with E-state index in [2.05, 4.69) is 4.90 Å². The van der Waals surface area contributed by atoms with Gasteiger partial charge in [0.25, 0.3) is 0 Å². The van der Waals surface area contributed by atoms with Gasteiger partial charge in [-0.05, 0) is 29.7 Å². The number of hydrogen-bond acceptors (Lipinski definition) is 2. The third-order valence-electron chi connectivity index (χ3n) is 4.51. The molecule has 0 spiro atoms. The first kappa shape index (κ1) is 13.5. The van der Waals surface area contributed by atoms with Crippen molar-refractivity contribution < 1.29 is 9.13 Å². The molecule has 0 N–H and O–H groups in total. The summed E-state index contributed by atoms with van der Waals surface area (Å²) in [7, 11) is 0. The van der Waals surface area contributed by atoms with Gasteiger partial charge in [0.2, 0.25) is 0 Å². The minimum atomic E-state index is -0.315. The normalized spacial score (nSPS) is 24.5. The molecular weight excluding hydrogens is 277 g/mol. The first-order valence-electron chi connectivity index (χ1n) is 7.69. The fraction of sp³-hybridized carbons (Fsp3) is 0.263. The molecule has 0 aromatic heterocycles. The Morgan fingerprint density at radius 3 is 2.32 bits per heavy atom. The standard InChI is InChI=1S/C19H18FNO/c20-19-17(14-7-3-1-4-8-14)11-16-12-22-13-18(19)21(16)15-9-5-2-6-10-15/h1-10,16,18H,11-13H2/t16-,18+/m1/s1. The summed E-state index contributed by atoms with van der Waals surface area (Å²) in [5.74, 6) is -0.0500. The molecule has 2 heterocycles. The van der Waals surface area contributed by atoms with Gasteiger partial charge in [-0.25, -0.2) is 4.39 Å². The summed E-state index contributed by atoms with van der Waals surface area (Å²) >= 11 is 0. The molecule has 0 aliphatic carbocycles. The zero-order chi connectivity index (χ0) is 14.9. The van der Waals surface area contributed by atoms with Crippen molar-refractivity contribution >= 4 is 11.3 Å². The fourth-order valence-electron chi connectivity index (χ4n) is 3.50. The number of anilines is 1. The van der Waals surface area contributed by atoms with E-state index < -0.39 is 0 Å². The lowest BCUT2D eigenvalue weighted by atomic mass is 9.88. The molecule has 4 rings (SSSR count).